The molecule has 0 spiro atoms. The lowest BCUT2D eigenvalue weighted by atomic mass is 9.74. The van der Waals surface area contributed by atoms with E-state index in [-0.39, 0.29) is 11.7 Å². The Morgan fingerprint density at radius 1 is 1.55 bits per heavy atom. The van der Waals surface area contributed by atoms with E-state index in [9.17, 15) is 9.90 Å². The quantitative estimate of drug-likeness (QED) is 0.622. The Kier molecular flexibility index (Phi) is 1.31. The zero-order chi connectivity index (χ0) is 8.01. The molecule has 0 aromatic rings. The molecule has 2 heteroatoms. The summed E-state index contributed by atoms with van der Waals surface area (Å²) < 4.78 is 0. The van der Waals surface area contributed by atoms with Crippen LogP contribution < -0.4 is 0 Å². The smallest absolute Gasteiger partial charge is 0.144 e. The van der Waals surface area contributed by atoms with Gasteiger partial charge in [-0.15, -0.1) is 0 Å². The maximum atomic E-state index is 11.0. The predicted molar refractivity (Wildman–Crippen MR) is 41.2 cm³/mol. The van der Waals surface area contributed by atoms with Crippen molar-refractivity contribution in [3.63, 3.8) is 0 Å². The van der Waals surface area contributed by atoms with E-state index in [0.29, 0.717) is 18.1 Å². The summed E-state index contributed by atoms with van der Waals surface area (Å²) in [5.41, 5.74) is 1.10. The van der Waals surface area contributed by atoms with Crippen molar-refractivity contribution in [2.45, 2.75) is 26.2 Å². The van der Waals surface area contributed by atoms with Gasteiger partial charge in [0.2, 0.25) is 0 Å². The Hall–Kier alpha value is -0.790. The average Bonchev–Trinajstić information content (AvgIpc) is 2.20. The molecule has 0 heterocycles. The third-order valence-corrected chi connectivity index (χ3v) is 2.87. The first kappa shape index (κ1) is 6.89. The maximum Gasteiger partial charge on any atom is 0.144 e. The predicted octanol–water partition coefficient (Wildman–Crippen LogP) is 1.82. The minimum atomic E-state index is -0.0926. The summed E-state index contributed by atoms with van der Waals surface area (Å²) in [4.78, 5) is 11.0. The normalized spacial score (nSPS) is 35.5. The molecule has 2 nitrogen and oxygen atoms in total. The molecule has 0 radical (unpaired) electrons. The van der Waals surface area contributed by atoms with E-state index in [0.717, 1.165) is 18.4 Å². The van der Waals surface area contributed by atoms with Crippen LogP contribution in [0, 0.1) is 11.8 Å². The van der Waals surface area contributed by atoms with Gasteiger partial charge in [0.1, 0.15) is 11.5 Å². The van der Waals surface area contributed by atoms with E-state index in [1.807, 2.05) is 6.92 Å². The van der Waals surface area contributed by atoms with E-state index >= 15 is 0 Å². The standard InChI is InChI=1S/C9H12O2/c1-2-5-3-6-4-7(10)8(6)9(5)11/h6,8,11H,2-4H2,1H3/t6-,8-/m0/s1. The third-order valence-electron chi connectivity index (χ3n) is 2.87. The largest absolute Gasteiger partial charge is 0.512 e. The second kappa shape index (κ2) is 2.10. The number of ketones is 1. The number of hydrogen-bond acceptors (Lipinski definition) is 2. The van der Waals surface area contributed by atoms with Crippen molar-refractivity contribution >= 4 is 5.78 Å². The number of Topliss-reactive ketones (excluding diaryl/α,β-unsaturated/α-hetero) is 1. The Morgan fingerprint density at radius 2 is 2.27 bits per heavy atom. The number of carbonyl (C=O) groups is 1. The maximum absolute atomic E-state index is 11.0. The molecule has 60 valence electrons. The van der Waals surface area contributed by atoms with E-state index in [2.05, 4.69) is 0 Å². The van der Waals surface area contributed by atoms with E-state index in [1.165, 1.54) is 0 Å². The molecule has 0 aromatic carbocycles. The number of aliphatic hydroxyl groups excluding tert-OH is 1. The summed E-state index contributed by atoms with van der Waals surface area (Å²) in [7, 11) is 0. The molecule has 1 saturated carbocycles. The van der Waals surface area contributed by atoms with Gasteiger partial charge in [-0.05, 0) is 24.3 Å². The lowest BCUT2D eigenvalue weighted by Crippen LogP contribution is -2.34. The first-order valence-electron chi connectivity index (χ1n) is 4.17. The van der Waals surface area contributed by atoms with Crippen molar-refractivity contribution in [1.29, 1.82) is 0 Å². The van der Waals surface area contributed by atoms with Gasteiger partial charge >= 0.3 is 0 Å². The van der Waals surface area contributed by atoms with Crippen LogP contribution in [0.1, 0.15) is 26.2 Å². The van der Waals surface area contributed by atoms with Crippen LogP contribution in [-0.4, -0.2) is 10.9 Å². The van der Waals surface area contributed by atoms with Crippen LogP contribution in [0.2, 0.25) is 0 Å². The molecule has 0 bridgehead atoms. The molecule has 0 unspecified atom stereocenters. The van der Waals surface area contributed by atoms with Crippen molar-refractivity contribution in [3.05, 3.63) is 11.3 Å². The topological polar surface area (TPSA) is 37.3 Å². The first-order valence-corrected chi connectivity index (χ1v) is 4.17. The highest BCUT2D eigenvalue weighted by Crippen LogP contribution is 2.47. The fourth-order valence-electron chi connectivity index (χ4n) is 2.14. The molecule has 2 rings (SSSR count). The molecular formula is C9H12O2. The molecule has 0 saturated heterocycles. The number of aliphatic hydroxyl groups is 1. The summed E-state index contributed by atoms with van der Waals surface area (Å²) in [6.45, 7) is 2.03. The van der Waals surface area contributed by atoms with Crippen molar-refractivity contribution < 1.29 is 9.90 Å². The molecule has 1 fully saturated rings. The molecule has 0 aliphatic heterocycles. The second-order valence-corrected chi connectivity index (χ2v) is 3.45. The van der Waals surface area contributed by atoms with Crippen molar-refractivity contribution in [3.8, 4) is 0 Å². The minimum Gasteiger partial charge on any atom is -0.512 e. The molecule has 11 heavy (non-hydrogen) atoms. The SMILES string of the molecule is CCC1=C(O)[C@@H]2C(=O)C[C@@H]2C1. The van der Waals surface area contributed by atoms with Crippen LogP contribution in [-0.2, 0) is 4.79 Å². The first-order chi connectivity index (χ1) is 5.24. The highest BCUT2D eigenvalue weighted by Gasteiger charge is 2.47. The Morgan fingerprint density at radius 3 is 2.73 bits per heavy atom. The van der Waals surface area contributed by atoms with Crippen LogP contribution in [0.25, 0.3) is 0 Å². The van der Waals surface area contributed by atoms with Crippen LogP contribution in [0.3, 0.4) is 0 Å². The van der Waals surface area contributed by atoms with Gasteiger partial charge < -0.3 is 5.11 Å². The zero-order valence-electron chi connectivity index (χ0n) is 6.63. The van der Waals surface area contributed by atoms with Crippen molar-refractivity contribution in [2.24, 2.45) is 11.8 Å². The third kappa shape index (κ3) is 0.753. The summed E-state index contributed by atoms with van der Waals surface area (Å²) in [5, 5.41) is 9.51. The van der Waals surface area contributed by atoms with Gasteiger partial charge in [0, 0.05) is 6.42 Å². The van der Waals surface area contributed by atoms with E-state index in [1.54, 1.807) is 0 Å². The lowest BCUT2D eigenvalue weighted by Gasteiger charge is -2.28. The van der Waals surface area contributed by atoms with Crippen LogP contribution in [0.15, 0.2) is 11.3 Å². The number of fused-ring (bicyclic) bond motifs is 1. The average molecular weight is 152 g/mol. The fourth-order valence-corrected chi connectivity index (χ4v) is 2.14. The van der Waals surface area contributed by atoms with Gasteiger partial charge in [0.15, 0.2) is 0 Å². The van der Waals surface area contributed by atoms with Gasteiger partial charge in [-0.3, -0.25) is 4.79 Å². The Labute approximate surface area is 65.9 Å². The summed E-state index contributed by atoms with van der Waals surface area (Å²) in [6, 6.07) is 0. The number of hydrogen-bond donors (Lipinski definition) is 1. The summed E-state index contributed by atoms with van der Waals surface area (Å²) >= 11 is 0. The zero-order valence-corrected chi connectivity index (χ0v) is 6.63. The monoisotopic (exact) mass is 152 g/mol. The molecule has 1 N–H and O–H groups in total. The number of rotatable bonds is 1. The molecule has 2 aliphatic rings. The lowest BCUT2D eigenvalue weighted by molar-refractivity contribution is -0.132. The van der Waals surface area contributed by atoms with Crippen molar-refractivity contribution in [1.82, 2.24) is 0 Å². The van der Waals surface area contributed by atoms with E-state index < -0.39 is 0 Å². The Bertz CT molecular complexity index is 240. The number of allylic oxidation sites excluding steroid dienone is 2. The van der Waals surface area contributed by atoms with E-state index in [4.69, 9.17) is 0 Å². The molecule has 2 atom stereocenters. The minimum absolute atomic E-state index is 0.0926. The van der Waals surface area contributed by atoms with Crippen LogP contribution in [0.4, 0.5) is 0 Å². The van der Waals surface area contributed by atoms with Gasteiger partial charge in [-0.1, -0.05) is 6.92 Å². The highest BCUT2D eigenvalue weighted by atomic mass is 16.3. The summed E-state index contributed by atoms with van der Waals surface area (Å²) in [6.07, 6.45) is 2.54. The fraction of sp³-hybridized carbons (Fsp3) is 0.667. The molecule has 0 amide bonds. The molecule has 2 aliphatic carbocycles. The van der Waals surface area contributed by atoms with Gasteiger partial charge in [0.25, 0.3) is 0 Å². The van der Waals surface area contributed by atoms with Crippen LogP contribution >= 0.6 is 0 Å². The highest BCUT2D eigenvalue weighted by molar-refractivity contribution is 5.90. The second-order valence-electron chi connectivity index (χ2n) is 3.45. The Balaban J connectivity index is 2.24. The molecule has 0 aromatic heterocycles. The summed E-state index contributed by atoms with van der Waals surface area (Å²) in [5.74, 6) is 0.993. The van der Waals surface area contributed by atoms with Gasteiger partial charge in [-0.25, -0.2) is 0 Å². The van der Waals surface area contributed by atoms with Crippen molar-refractivity contribution in [2.75, 3.05) is 0 Å². The van der Waals surface area contributed by atoms with Crippen LogP contribution in [0.5, 0.6) is 0 Å². The van der Waals surface area contributed by atoms with Gasteiger partial charge in [-0.2, -0.15) is 0 Å². The van der Waals surface area contributed by atoms with Gasteiger partial charge in [0.05, 0.1) is 5.92 Å². The number of carbonyl (C=O) groups excluding carboxylic acids is 1. The molecular weight excluding hydrogens is 140 g/mol.